The molecule has 10 nitrogen and oxygen atoms in total. The first-order valence-electron chi connectivity index (χ1n) is 9.68. The molecule has 1 N–H and O–H groups in total. The molecule has 1 aromatic carbocycles. The van der Waals surface area contributed by atoms with Crippen LogP contribution in [0.4, 0.5) is 11.4 Å². The monoisotopic (exact) mass is 410 g/mol. The van der Waals surface area contributed by atoms with Crippen molar-refractivity contribution in [2.75, 3.05) is 31.1 Å². The molecule has 1 saturated heterocycles. The van der Waals surface area contributed by atoms with Crippen LogP contribution in [0.2, 0.25) is 0 Å². The molecule has 1 amide bonds. The normalized spacial score (nSPS) is 14.3. The third-order valence-electron chi connectivity index (χ3n) is 5.59. The van der Waals surface area contributed by atoms with E-state index in [-0.39, 0.29) is 23.6 Å². The molecule has 10 heteroatoms. The Labute approximate surface area is 171 Å². The molecule has 0 aliphatic carbocycles. The minimum absolute atomic E-state index is 0.0141. The predicted octanol–water partition coefficient (Wildman–Crippen LogP) is 1.44. The summed E-state index contributed by atoms with van der Waals surface area (Å²) in [5.41, 5.74) is 3.65. The molecule has 0 saturated carbocycles. The number of nitrogens with one attached hydrogen (secondary N) is 1. The summed E-state index contributed by atoms with van der Waals surface area (Å²) in [6, 6.07) is 7.89. The van der Waals surface area contributed by atoms with Crippen molar-refractivity contribution in [1.82, 2.24) is 19.5 Å². The van der Waals surface area contributed by atoms with E-state index in [1.807, 2.05) is 18.7 Å². The molecule has 1 aliphatic rings. The van der Waals surface area contributed by atoms with Crippen LogP contribution in [-0.4, -0.2) is 56.5 Å². The van der Waals surface area contributed by atoms with Crippen molar-refractivity contribution in [2.24, 2.45) is 0 Å². The second-order valence-electron chi connectivity index (χ2n) is 7.39. The molecule has 0 spiro atoms. The van der Waals surface area contributed by atoms with Crippen LogP contribution in [-0.2, 0) is 11.2 Å². The van der Waals surface area contributed by atoms with Crippen LogP contribution >= 0.6 is 0 Å². The Balaban J connectivity index is 1.43. The highest BCUT2D eigenvalue weighted by atomic mass is 16.6. The molecular formula is C20H22N6O4. The number of hydrogen-bond donors (Lipinski definition) is 1. The average Bonchev–Trinajstić information content (AvgIpc) is 3.11. The summed E-state index contributed by atoms with van der Waals surface area (Å²) in [6.45, 7) is 6.17. The van der Waals surface area contributed by atoms with Crippen LogP contribution < -0.4 is 10.5 Å². The molecular weight excluding hydrogens is 388 g/mol. The maximum absolute atomic E-state index is 12.9. The molecule has 156 valence electrons. The third-order valence-corrected chi connectivity index (χ3v) is 5.59. The van der Waals surface area contributed by atoms with Gasteiger partial charge in [0.1, 0.15) is 0 Å². The average molecular weight is 410 g/mol. The van der Waals surface area contributed by atoms with Gasteiger partial charge in [0, 0.05) is 67.0 Å². The first-order valence-corrected chi connectivity index (χ1v) is 9.68. The maximum atomic E-state index is 12.9. The fourth-order valence-electron chi connectivity index (χ4n) is 3.87. The number of carbonyl (C=O) groups is 1. The highest BCUT2D eigenvalue weighted by molar-refractivity contribution is 5.79. The van der Waals surface area contributed by atoms with Gasteiger partial charge in [-0.1, -0.05) is 0 Å². The number of aryl methyl sites for hydroxylation is 2. The van der Waals surface area contributed by atoms with E-state index in [4.69, 9.17) is 0 Å². The second kappa shape index (κ2) is 7.62. The maximum Gasteiger partial charge on any atom is 0.269 e. The number of non-ortho nitro benzene ring substituents is 1. The van der Waals surface area contributed by atoms with Crippen LogP contribution in [0.3, 0.4) is 0 Å². The van der Waals surface area contributed by atoms with Gasteiger partial charge in [-0.15, -0.1) is 0 Å². The van der Waals surface area contributed by atoms with Gasteiger partial charge in [0.25, 0.3) is 11.2 Å². The quantitative estimate of drug-likeness (QED) is 0.514. The second-order valence-corrected chi connectivity index (χ2v) is 7.39. The number of amides is 1. The number of piperazine rings is 1. The summed E-state index contributed by atoms with van der Waals surface area (Å²) in [5.74, 6) is 0.0141. The molecule has 3 heterocycles. The Morgan fingerprint density at radius 2 is 1.83 bits per heavy atom. The van der Waals surface area contributed by atoms with Gasteiger partial charge in [0.05, 0.1) is 11.3 Å². The Kier molecular flexibility index (Phi) is 4.98. The Morgan fingerprint density at radius 3 is 2.47 bits per heavy atom. The lowest BCUT2D eigenvalue weighted by Crippen LogP contribution is -2.49. The zero-order valence-corrected chi connectivity index (χ0v) is 16.8. The Bertz CT molecular complexity index is 1170. The summed E-state index contributed by atoms with van der Waals surface area (Å²) >= 11 is 0. The molecule has 0 atom stereocenters. The van der Waals surface area contributed by atoms with Crippen molar-refractivity contribution in [3.05, 3.63) is 67.8 Å². The number of rotatable bonds is 4. The lowest BCUT2D eigenvalue weighted by atomic mass is 10.1. The van der Waals surface area contributed by atoms with Crippen LogP contribution in [0.5, 0.6) is 0 Å². The SMILES string of the molecule is Cc1nc2cc(=O)[nH]n2c(C)c1CC(=O)N1CCN(c2ccc([N+](=O)[O-])cc2)CC1. The molecule has 0 unspecified atom stereocenters. The molecule has 3 aromatic rings. The molecule has 0 radical (unpaired) electrons. The highest BCUT2D eigenvalue weighted by Gasteiger charge is 2.23. The van der Waals surface area contributed by atoms with Crippen LogP contribution in [0.25, 0.3) is 5.65 Å². The van der Waals surface area contributed by atoms with Gasteiger partial charge in [0.15, 0.2) is 5.65 Å². The number of nitro groups is 1. The van der Waals surface area contributed by atoms with Gasteiger partial charge < -0.3 is 9.80 Å². The Morgan fingerprint density at radius 1 is 1.17 bits per heavy atom. The van der Waals surface area contributed by atoms with Crippen molar-refractivity contribution in [3.63, 3.8) is 0 Å². The standard InChI is InChI=1S/C20H22N6O4/c1-13-17(14(2)25-18(21-13)12-19(27)22-25)11-20(28)24-9-7-23(8-10-24)15-3-5-16(6-4-15)26(29)30/h3-6,12H,7-11H2,1-2H3,(H,22,27). The molecule has 1 aliphatic heterocycles. The predicted molar refractivity (Wildman–Crippen MR) is 111 cm³/mol. The third kappa shape index (κ3) is 3.63. The number of nitro benzene ring substituents is 1. The van der Waals surface area contributed by atoms with E-state index in [0.29, 0.717) is 31.8 Å². The van der Waals surface area contributed by atoms with E-state index in [2.05, 4.69) is 15.0 Å². The number of H-pyrrole nitrogens is 1. The topological polar surface area (TPSA) is 117 Å². The van der Waals surface area contributed by atoms with Crippen LogP contribution in [0.1, 0.15) is 17.0 Å². The van der Waals surface area contributed by atoms with Crippen molar-refractivity contribution >= 4 is 22.9 Å². The van der Waals surface area contributed by atoms with Crippen molar-refractivity contribution < 1.29 is 9.72 Å². The number of nitrogens with zero attached hydrogens (tertiary/aromatic N) is 5. The number of hydrogen-bond acceptors (Lipinski definition) is 6. The lowest BCUT2D eigenvalue weighted by Gasteiger charge is -2.36. The van der Waals surface area contributed by atoms with Gasteiger partial charge >= 0.3 is 0 Å². The van der Waals surface area contributed by atoms with E-state index in [0.717, 1.165) is 22.6 Å². The van der Waals surface area contributed by atoms with Crippen LogP contribution in [0.15, 0.2) is 35.1 Å². The van der Waals surface area contributed by atoms with Crippen molar-refractivity contribution in [1.29, 1.82) is 0 Å². The van der Waals surface area contributed by atoms with Crippen LogP contribution in [0, 0.1) is 24.0 Å². The summed E-state index contributed by atoms with van der Waals surface area (Å²) in [7, 11) is 0. The van der Waals surface area contributed by atoms with Gasteiger partial charge in [-0.3, -0.25) is 24.8 Å². The summed E-state index contributed by atoms with van der Waals surface area (Å²) in [6.07, 6.45) is 0.221. The van der Waals surface area contributed by atoms with E-state index in [1.165, 1.54) is 18.2 Å². The number of anilines is 1. The number of aromatic nitrogens is 3. The number of fused-ring (bicyclic) bond motifs is 1. The number of carbonyl (C=O) groups excluding carboxylic acids is 1. The fraction of sp³-hybridized carbons (Fsp3) is 0.350. The zero-order chi connectivity index (χ0) is 21.4. The molecule has 2 aromatic heterocycles. The lowest BCUT2D eigenvalue weighted by molar-refractivity contribution is -0.384. The van der Waals surface area contributed by atoms with E-state index in [9.17, 15) is 19.7 Å². The minimum atomic E-state index is -0.417. The first kappa shape index (κ1) is 19.6. The smallest absolute Gasteiger partial charge is 0.269 e. The number of benzene rings is 1. The van der Waals surface area contributed by atoms with E-state index >= 15 is 0 Å². The van der Waals surface area contributed by atoms with Crippen molar-refractivity contribution in [3.8, 4) is 0 Å². The molecule has 0 bridgehead atoms. The summed E-state index contributed by atoms with van der Waals surface area (Å²) in [5, 5.41) is 13.5. The summed E-state index contributed by atoms with van der Waals surface area (Å²) < 4.78 is 1.62. The number of aromatic amines is 1. The van der Waals surface area contributed by atoms with Gasteiger partial charge in [-0.05, 0) is 26.0 Å². The largest absolute Gasteiger partial charge is 0.368 e. The molecule has 4 rings (SSSR count). The van der Waals surface area contributed by atoms with E-state index in [1.54, 1.807) is 16.6 Å². The first-order chi connectivity index (χ1) is 14.3. The van der Waals surface area contributed by atoms with Gasteiger partial charge in [-0.25, -0.2) is 9.50 Å². The molecule has 1 fully saturated rings. The minimum Gasteiger partial charge on any atom is -0.368 e. The zero-order valence-electron chi connectivity index (χ0n) is 16.8. The van der Waals surface area contributed by atoms with Gasteiger partial charge in [0.2, 0.25) is 5.91 Å². The summed E-state index contributed by atoms with van der Waals surface area (Å²) in [4.78, 5) is 43.3. The highest BCUT2D eigenvalue weighted by Crippen LogP contribution is 2.21. The van der Waals surface area contributed by atoms with Gasteiger partial charge in [-0.2, -0.15) is 0 Å². The molecule has 30 heavy (non-hydrogen) atoms. The van der Waals surface area contributed by atoms with Crippen molar-refractivity contribution in [2.45, 2.75) is 20.3 Å². The van der Waals surface area contributed by atoms with E-state index < -0.39 is 4.92 Å². The fourth-order valence-corrected chi connectivity index (χ4v) is 3.87. The Hall–Kier alpha value is -3.69.